The van der Waals surface area contributed by atoms with E-state index in [0.717, 1.165) is 84.6 Å². The summed E-state index contributed by atoms with van der Waals surface area (Å²) >= 11 is 0. The van der Waals surface area contributed by atoms with Crippen molar-refractivity contribution in [1.82, 2.24) is 15.5 Å². The van der Waals surface area contributed by atoms with Crippen LogP contribution in [0.15, 0.2) is 29.3 Å². The van der Waals surface area contributed by atoms with Crippen LogP contribution in [0.1, 0.15) is 30.9 Å². The standard InChI is InChI=1S/C22H36N4O3.HI/c1-2-23-22(24-9-5-12-29-21-8-13-28-18-21)25-16-19-6-3-4-7-20(19)17-26-10-14-27-15-11-26;/h3-4,6-7,21H,2,5,8-18H2,1H3,(H2,23,24,25);1H. The third-order valence-electron chi connectivity index (χ3n) is 5.22. The molecule has 7 nitrogen and oxygen atoms in total. The Morgan fingerprint density at radius 1 is 1.13 bits per heavy atom. The molecule has 0 radical (unpaired) electrons. The Hall–Kier alpha value is -0.940. The first kappa shape index (κ1) is 25.3. The highest BCUT2D eigenvalue weighted by atomic mass is 127. The van der Waals surface area contributed by atoms with Gasteiger partial charge in [0.15, 0.2) is 5.96 Å². The Balaban J connectivity index is 0.00000320. The molecule has 170 valence electrons. The highest BCUT2D eigenvalue weighted by Crippen LogP contribution is 2.14. The summed E-state index contributed by atoms with van der Waals surface area (Å²) in [6.45, 7) is 11.4. The quantitative estimate of drug-likeness (QED) is 0.209. The van der Waals surface area contributed by atoms with Crippen LogP contribution in [0.3, 0.4) is 0 Å². The second-order valence-electron chi connectivity index (χ2n) is 7.49. The number of benzene rings is 1. The summed E-state index contributed by atoms with van der Waals surface area (Å²) in [7, 11) is 0. The zero-order chi connectivity index (χ0) is 20.2. The largest absolute Gasteiger partial charge is 0.379 e. The number of halogens is 1. The molecule has 2 saturated heterocycles. The highest BCUT2D eigenvalue weighted by molar-refractivity contribution is 14.0. The van der Waals surface area contributed by atoms with Crippen molar-refractivity contribution in [2.24, 2.45) is 4.99 Å². The van der Waals surface area contributed by atoms with Gasteiger partial charge in [-0.1, -0.05) is 24.3 Å². The van der Waals surface area contributed by atoms with Gasteiger partial charge in [-0.05, 0) is 30.9 Å². The zero-order valence-electron chi connectivity index (χ0n) is 18.1. The third-order valence-corrected chi connectivity index (χ3v) is 5.22. The molecule has 30 heavy (non-hydrogen) atoms. The van der Waals surface area contributed by atoms with E-state index in [9.17, 15) is 0 Å². The van der Waals surface area contributed by atoms with Crippen LogP contribution in [-0.2, 0) is 27.3 Å². The minimum absolute atomic E-state index is 0. The molecule has 8 heteroatoms. The van der Waals surface area contributed by atoms with E-state index in [-0.39, 0.29) is 30.1 Å². The van der Waals surface area contributed by atoms with Gasteiger partial charge in [0.1, 0.15) is 0 Å². The van der Waals surface area contributed by atoms with Gasteiger partial charge in [0.2, 0.25) is 0 Å². The second-order valence-corrected chi connectivity index (χ2v) is 7.49. The lowest BCUT2D eigenvalue weighted by Gasteiger charge is -2.27. The molecule has 1 aromatic rings. The average molecular weight is 532 g/mol. The third kappa shape index (κ3) is 9.05. The van der Waals surface area contributed by atoms with Crippen LogP contribution in [0.2, 0.25) is 0 Å². The minimum Gasteiger partial charge on any atom is -0.379 e. The summed E-state index contributed by atoms with van der Waals surface area (Å²) < 4.78 is 16.6. The number of guanidine groups is 1. The Labute approximate surface area is 197 Å². The molecule has 3 rings (SSSR count). The number of morpholine rings is 1. The van der Waals surface area contributed by atoms with Gasteiger partial charge in [0, 0.05) is 45.9 Å². The lowest BCUT2D eigenvalue weighted by molar-refractivity contribution is 0.0341. The van der Waals surface area contributed by atoms with Crippen LogP contribution in [0.5, 0.6) is 0 Å². The summed E-state index contributed by atoms with van der Waals surface area (Å²) in [6.07, 6.45) is 2.25. The van der Waals surface area contributed by atoms with Crippen LogP contribution >= 0.6 is 24.0 Å². The summed E-state index contributed by atoms with van der Waals surface area (Å²) in [5.74, 6) is 0.859. The number of hydrogen-bond acceptors (Lipinski definition) is 5. The number of rotatable bonds is 10. The van der Waals surface area contributed by atoms with Gasteiger partial charge in [-0.15, -0.1) is 24.0 Å². The molecule has 0 saturated carbocycles. The highest BCUT2D eigenvalue weighted by Gasteiger charge is 2.15. The SMILES string of the molecule is CCNC(=NCc1ccccc1CN1CCOCC1)NCCCOC1CCOC1.I. The summed E-state index contributed by atoms with van der Waals surface area (Å²) in [4.78, 5) is 7.25. The van der Waals surface area contributed by atoms with Crippen LogP contribution in [0, 0.1) is 0 Å². The molecule has 2 heterocycles. The molecule has 1 aromatic carbocycles. The van der Waals surface area contributed by atoms with Crippen molar-refractivity contribution in [1.29, 1.82) is 0 Å². The van der Waals surface area contributed by atoms with Gasteiger partial charge >= 0.3 is 0 Å². The van der Waals surface area contributed by atoms with E-state index in [1.165, 1.54) is 11.1 Å². The van der Waals surface area contributed by atoms with Gasteiger partial charge in [0.25, 0.3) is 0 Å². The maximum atomic E-state index is 5.82. The lowest BCUT2D eigenvalue weighted by atomic mass is 10.1. The van der Waals surface area contributed by atoms with E-state index in [0.29, 0.717) is 6.54 Å². The van der Waals surface area contributed by atoms with Crippen LogP contribution < -0.4 is 10.6 Å². The first-order chi connectivity index (χ1) is 14.3. The molecule has 2 fully saturated rings. The lowest BCUT2D eigenvalue weighted by Crippen LogP contribution is -2.38. The average Bonchev–Trinajstić information content (AvgIpc) is 3.27. The molecule has 2 aliphatic rings. The topological polar surface area (TPSA) is 67.4 Å². The maximum Gasteiger partial charge on any atom is 0.191 e. The molecule has 0 aromatic heterocycles. The molecule has 2 N–H and O–H groups in total. The smallest absolute Gasteiger partial charge is 0.191 e. The Morgan fingerprint density at radius 3 is 2.67 bits per heavy atom. The fourth-order valence-electron chi connectivity index (χ4n) is 3.55. The molecule has 2 aliphatic heterocycles. The van der Waals surface area contributed by atoms with E-state index in [4.69, 9.17) is 19.2 Å². The minimum atomic E-state index is 0. The Kier molecular flexibility index (Phi) is 12.6. The summed E-state index contributed by atoms with van der Waals surface area (Å²) in [5.41, 5.74) is 2.63. The molecule has 1 unspecified atom stereocenters. The van der Waals surface area contributed by atoms with Gasteiger partial charge in [-0.25, -0.2) is 4.99 Å². The molecule has 0 spiro atoms. The van der Waals surface area contributed by atoms with Crippen molar-refractivity contribution in [2.45, 2.75) is 39.0 Å². The van der Waals surface area contributed by atoms with E-state index in [1.54, 1.807) is 0 Å². The molecule has 0 aliphatic carbocycles. The number of hydrogen-bond donors (Lipinski definition) is 2. The van der Waals surface area contributed by atoms with Crippen LogP contribution in [-0.4, -0.2) is 76.2 Å². The van der Waals surface area contributed by atoms with Crippen molar-refractivity contribution < 1.29 is 14.2 Å². The van der Waals surface area contributed by atoms with E-state index in [1.807, 2.05) is 0 Å². The first-order valence-electron chi connectivity index (χ1n) is 10.9. The number of nitrogens with zero attached hydrogens (tertiary/aromatic N) is 2. The maximum absolute atomic E-state index is 5.82. The second kappa shape index (κ2) is 15.0. The summed E-state index contributed by atoms with van der Waals surface area (Å²) in [6, 6.07) is 8.60. The van der Waals surface area contributed by atoms with E-state index >= 15 is 0 Å². The number of ether oxygens (including phenoxy) is 3. The molecule has 0 bridgehead atoms. The van der Waals surface area contributed by atoms with Crippen LogP contribution in [0.25, 0.3) is 0 Å². The molecule has 1 atom stereocenters. The monoisotopic (exact) mass is 532 g/mol. The molecule has 0 amide bonds. The van der Waals surface area contributed by atoms with Crippen LogP contribution in [0.4, 0.5) is 0 Å². The first-order valence-corrected chi connectivity index (χ1v) is 10.9. The Morgan fingerprint density at radius 2 is 1.93 bits per heavy atom. The summed E-state index contributed by atoms with van der Waals surface area (Å²) in [5, 5.41) is 6.75. The normalized spacial score (nSPS) is 20.0. The number of nitrogens with one attached hydrogen (secondary N) is 2. The fourth-order valence-corrected chi connectivity index (χ4v) is 3.55. The van der Waals surface area contributed by atoms with Crippen molar-refractivity contribution in [3.63, 3.8) is 0 Å². The van der Waals surface area contributed by atoms with Gasteiger partial charge in [-0.3, -0.25) is 4.90 Å². The molecular weight excluding hydrogens is 495 g/mol. The van der Waals surface area contributed by atoms with Crippen molar-refractivity contribution in [3.05, 3.63) is 35.4 Å². The Bertz CT molecular complexity index is 620. The molecular formula is C22H37IN4O3. The zero-order valence-corrected chi connectivity index (χ0v) is 20.4. The van der Waals surface area contributed by atoms with Crippen molar-refractivity contribution in [3.8, 4) is 0 Å². The van der Waals surface area contributed by atoms with Gasteiger partial charge in [-0.2, -0.15) is 0 Å². The van der Waals surface area contributed by atoms with E-state index < -0.39 is 0 Å². The van der Waals surface area contributed by atoms with Crippen molar-refractivity contribution in [2.75, 3.05) is 59.2 Å². The van der Waals surface area contributed by atoms with Crippen molar-refractivity contribution >= 4 is 29.9 Å². The van der Waals surface area contributed by atoms with Gasteiger partial charge < -0.3 is 24.8 Å². The predicted molar refractivity (Wildman–Crippen MR) is 131 cm³/mol. The number of aliphatic imine (C=N–C) groups is 1. The fraction of sp³-hybridized carbons (Fsp3) is 0.682. The van der Waals surface area contributed by atoms with E-state index in [2.05, 4.69) is 46.7 Å². The predicted octanol–water partition coefficient (Wildman–Crippen LogP) is 2.39. The van der Waals surface area contributed by atoms with Gasteiger partial charge in [0.05, 0.1) is 32.5 Å².